The van der Waals surface area contributed by atoms with Gasteiger partial charge in [0.1, 0.15) is 0 Å². The molecule has 7 nitrogen and oxygen atoms in total. The van der Waals surface area contributed by atoms with Gasteiger partial charge in [-0.1, -0.05) is 36.4 Å². The monoisotopic (exact) mass is 399 g/mol. The number of rotatable bonds is 5. The summed E-state index contributed by atoms with van der Waals surface area (Å²) in [5.74, 6) is 0. The highest BCUT2D eigenvalue weighted by molar-refractivity contribution is 7.89. The molecule has 0 unspecified atom stereocenters. The first-order valence-electron chi connectivity index (χ1n) is 9.24. The van der Waals surface area contributed by atoms with Gasteiger partial charge in [0.05, 0.1) is 15.9 Å². The van der Waals surface area contributed by atoms with E-state index in [0.29, 0.717) is 0 Å². The van der Waals surface area contributed by atoms with Crippen molar-refractivity contribution in [3.05, 3.63) is 75.8 Å². The molecular weight excluding hydrogens is 378 g/mol. The van der Waals surface area contributed by atoms with Crippen LogP contribution >= 0.6 is 0 Å². The molecule has 1 aliphatic heterocycles. The molecule has 28 heavy (non-hydrogen) atoms. The number of nitro groups is 1. The van der Waals surface area contributed by atoms with Crippen LogP contribution in [0.1, 0.15) is 30.0 Å². The van der Waals surface area contributed by atoms with E-state index in [1.54, 1.807) is 0 Å². The average molecular weight is 399 g/mol. The van der Waals surface area contributed by atoms with Gasteiger partial charge in [-0.2, -0.15) is 0 Å². The van der Waals surface area contributed by atoms with E-state index in [1.165, 1.54) is 24.3 Å². The quantitative estimate of drug-likeness (QED) is 0.616. The lowest BCUT2D eigenvalue weighted by Gasteiger charge is -2.36. The summed E-state index contributed by atoms with van der Waals surface area (Å²) in [7, 11) is -3.84. The highest BCUT2D eigenvalue weighted by Crippen LogP contribution is 2.34. The number of hydrogen-bond donors (Lipinski definition) is 1. The van der Waals surface area contributed by atoms with Crippen molar-refractivity contribution < 1.29 is 13.3 Å². The summed E-state index contributed by atoms with van der Waals surface area (Å²) >= 11 is 0. The third-order valence-corrected chi connectivity index (χ3v) is 6.80. The smallest absolute Gasteiger partial charge is 0.269 e. The largest absolute Gasteiger partial charge is 0.295 e. The molecule has 146 valence electrons. The first-order valence-corrected chi connectivity index (χ1v) is 10.7. The van der Waals surface area contributed by atoms with Crippen molar-refractivity contribution in [1.82, 2.24) is 9.62 Å². The summed E-state index contributed by atoms with van der Waals surface area (Å²) in [6.45, 7) is 1.87. The molecule has 2 aromatic carbocycles. The molecule has 0 amide bonds. The number of sulfonamides is 1. The molecule has 2 aliphatic rings. The van der Waals surface area contributed by atoms with Crippen molar-refractivity contribution in [3.63, 3.8) is 0 Å². The topological polar surface area (TPSA) is 92.5 Å². The van der Waals surface area contributed by atoms with Gasteiger partial charge in [-0.15, -0.1) is 0 Å². The number of non-ortho nitro benzene ring substituents is 1. The van der Waals surface area contributed by atoms with Crippen LogP contribution in [-0.4, -0.2) is 37.4 Å². The molecule has 1 N–H and O–H groups in total. The van der Waals surface area contributed by atoms with Crippen LogP contribution in [0, 0.1) is 10.1 Å². The maximum absolute atomic E-state index is 13.0. The van der Waals surface area contributed by atoms with Crippen molar-refractivity contribution in [3.8, 4) is 0 Å². The fourth-order valence-corrected chi connectivity index (χ4v) is 5.16. The fourth-order valence-electron chi connectivity index (χ4n) is 3.93. The number of hydrogen-bond acceptors (Lipinski definition) is 5. The van der Waals surface area contributed by atoms with Crippen molar-refractivity contribution in [1.29, 1.82) is 0 Å². The van der Waals surface area contributed by atoms with E-state index in [4.69, 9.17) is 0 Å². The maximum atomic E-state index is 13.0. The Bertz CT molecular complexity index is 1010. The number of nitrogens with one attached hydrogen (secondary N) is 1. The molecule has 1 fully saturated rings. The van der Waals surface area contributed by atoms with Crippen LogP contribution in [0.15, 0.2) is 59.5 Å². The zero-order chi connectivity index (χ0) is 19.7. The molecule has 4 rings (SSSR count). The number of nitro benzene ring substituents is 1. The maximum Gasteiger partial charge on any atom is 0.269 e. The van der Waals surface area contributed by atoms with Gasteiger partial charge < -0.3 is 0 Å². The van der Waals surface area contributed by atoms with Gasteiger partial charge in [-0.05, 0) is 49.2 Å². The van der Waals surface area contributed by atoms with Gasteiger partial charge >= 0.3 is 0 Å². The van der Waals surface area contributed by atoms with Crippen LogP contribution in [0.2, 0.25) is 0 Å². The molecule has 0 saturated carbocycles. The minimum Gasteiger partial charge on any atom is -0.295 e. The van der Waals surface area contributed by atoms with Gasteiger partial charge in [0.2, 0.25) is 10.0 Å². The standard InChI is InChI=1S/C20H21N3O4S/c24-23(25)16-8-10-17(11-9-16)28(26,27)21-20-18-6-2-1-5-15(18)7-12-19(20)22-13-3-4-14-22/h1-2,5-12,19-21H,3-4,13-14H2/t19-,20+/m0/s1. The first kappa shape index (κ1) is 18.8. The number of fused-ring (bicyclic) bond motifs is 1. The number of nitrogens with zero attached hydrogens (tertiary/aromatic N) is 2. The minimum absolute atomic E-state index is 0.0188. The molecule has 0 radical (unpaired) electrons. The summed E-state index contributed by atoms with van der Waals surface area (Å²) in [5.41, 5.74) is 1.79. The lowest BCUT2D eigenvalue weighted by molar-refractivity contribution is -0.384. The molecular formula is C20H21N3O4S. The first-order chi connectivity index (χ1) is 13.5. The Morgan fingerprint density at radius 3 is 2.39 bits per heavy atom. The number of likely N-dealkylation sites (tertiary alicyclic amines) is 1. The predicted octanol–water partition coefficient (Wildman–Crippen LogP) is 3.11. The van der Waals surface area contributed by atoms with Crippen molar-refractivity contribution in [2.75, 3.05) is 13.1 Å². The van der Waals surface area contributed by atoms with Crippen LogP contribution in [0.3, 0.4) is 0 Å². The Morgan fingerprint density at radius 1 is 1.04 bits per heavy atom. The van der Waals surface area contributed by atoms with E-state index in [-0.39, 0.29) is 16.6 Å². The van der Waals surface area contributed by atoms with Gasteiger partial charge in [0.25, 0.3) is 5.69 Å². The number of benzene rings is 2. The molecule has 2 aromatic rings. The summed E-state index contributed by atoms with van der Waals surface area (Å²) in [6, 6.07) is 12.2. The third kappa shape index (κ3) is 3.58. The van der Waals surface area contributed by atoms with Gasteiger partial charge in [-0.3, -0.25) is 15.0 Å². The van der Waals surface area contributed by atoms with Crippen LogP contribution in [0.4, 0.5) is 5.69 Å². The van der Waals surface area contributed by atoms with Crippen LogP contribution in [0.5, 0.6) is 0 Å². The van der Waals surface area contributed by atoms with Crippen molar-refractivity contribution >= 4 is 21.8 Å². The molecule has 0 spiro atoms. The highest BCUT2D eigenvalue weighted by atomic mass is 32.2. The van der Waals surface area contributed by atoms with Crippen LogP contribution < -0.4 is 4.72 Å². The third-order valence-electron chi connectivity index (χ3n) is 5.35. The van der Waals surface area contributed by atoms with Gasteiger partial charge in [-0.25, -0.2) is 13.1 Å². The Hall–Kier alpha value is -2.55. The van der Waals surface area contributed by atoms with E-state index in [0.717, 1.165) is 37.1 Å². The van der Waals surface area contributed by atoms with E-state index in [9.17, 15) is 18.5 Å². The molecule has 8 heteroatoms. The molecule has 0 aromatic heterocycles. The Labute approximate surface area is 163 Å². The highest BCUT2D eigenvalue weighted by Gasteiger charge is 2.35. The second-order valence-corrected chi connectivity index (χ2v) is 8.79. The molecule has 2 atom stereocenters. The lowest BCUT2D eigenvalue weighted by Crippen LogP contribution is -2.45. The fraction of sp³-hybridized carbons (Fsp3) is 0.300. The normalized spacial score (nSPS) is 22.1. The Balaban J connectivity index is 1.67. The lowest BCUT2D eigenvalue weighted by atomic mass is 9.89. The summed E-state index contributed by atoms with van der Waals surface area (Å²) in [6.07, 6.45) is 6.33. The second kappa shape index (κ2) is 7.46. The Kier molecular flexibility index (Phi) is 5.01. The summed E-state index contributed by atoms with van der Waals surface area (Å²) < 4.78 is 28.9. The van der Waals surface area contributed by atoms with E-state index in [1.807, 2.05) is 24.3 Å². The molecule has 1 aliphatic carbocycles. The predicted molar refractivity (Wildman–Crippen MR) is 106 cm³/mol. The average Bonchev–Trinajstić information content (AvgIpc) is 3.22. The van der Waals surface area contributed by atoms with E-state index in [2.05, 4.69) is 21.8 Å². The summed E-state index contributed by atoms with van der Waals surface area (Å²) in [5, 5.41) is 10.8. The van der Waals surface area contributed by atoms with Crippen LogP contribution in [0.25, 0.3) is 6.08 Å². The van der Waals surface area contributed by atoms with Crippen molar-refractivity contribution in [2.45, 2.75) is 29.8 Å². The van der Waals surface area contributed by atoms with E-state index < -0.39 is 21.0 Å². The Morgan fingerprint density at radius 2 is 1.71 bits per heavy atom. The molecule has 1 heterocycles. The second-order valence-electron chi connectivity index (χ2n) is 7.07. The minimum atomic E-state index is -3.84. The SMILES string of the molecule is O=[N+]([O-])c1ccc(S(=O)(=O)N[C@@H]2c3ccccc3C=C[C@@H]2N2CCCC2)cc1. The van der Waals surface area contributed by atoms with Crippen molar-refractivity contribution in [2.24, 2.45) is 0 Å². The zero-order valence-corrected chi connectivity index (χ0v) is 16.0. The molecule has 1 saturated heterocycles. The summed E-state index contributed by atoms with van der Waals surface area (Å²) in [4.78, 5) is 12.6. The zero-order valence-electron chi connectivity index (χ0n) is 15.2. The molecule has 0 bridgehead atoms. The van der Waals surface area contributed by atoms with E-state index >= 15 is 0 Å². The van der Waals surface area contributed by atoms with Gasteiger partial charge in [0.15, 0.2) is 0 Å². The van der Waals surface area contributed by atoms with Gasteiger partial charge in [0, 0.05) is 18.2 Å². The van der Waals surface area contributed by atoms with Crippen LogP contribution in [-0.2, 0) is 10.0 Å².